The van der Waals surface area contributed by atoms with Gasteiger partial charge in [-0.25, -0.2) is 0 Å². The van der Waals surface area contributed by atoms with Gasteiger partial charge in [-0.3, -0.25) is 5.73 Å². The molecule has 1 atom stereocenters. The lowest BCUT2D eigenvalue weighted by molar-refractivity contribution is -0.0853. The Kier molecular flexibility index (Phi) is 4.30. The van der Waals surface area contributed by atoms with Crippen molar-refractivity contribution in [1.29, 1.82) is 0 Å². The molecule has 0 saturated carbocycles. The van der Waals surface area contributed by atoms with Crippen LogP contribution in [0.5, 0.6) is 0 Å². The summed E-state index contributed by atoms with van der Waals surface area (Å²) in [5.41, 5.74) is 5.96. The van der Waals surface area contributed by atoms with Gasteiger partial charge < -0.3 is 9.84 Å². The molecule has 0 saturated heterocycles. The van der Waals surface area contributed by atoms with Crippen LogP contribution in [0.25, 0.3) is 0 Å². The maximum Gasteiger partial charge on any atom is 0.211 e. The van der Waals surface area contributed by atoms with Gasteiger partial charge in [0.05, 0.1) is 6.61 Å². The van der Waals surface area contributed by atoms with E-state index in [-0.39, 0.29) is 0 Å². The Morgan fingerprint density at radius 3 is 2.78 bits per heavy atom. The maximum absolute atomic E-state index is 8.43. The molecule has 3 heteroatoms. The third kappa shape index (κ3) is 5.49. The zero-order chi connectivity index (χ0) is 7.28. The van der Waals surface area contributed by atoms with E-state index >= 15 is 0 Å². The minimum Gasteiger partial charge on any atom is -0.356 e. The Hall–Kier alpha value is -0.380. The third-order valence-corrected chi connectivity index (χ3v) is 0.975. The smallest absolute Gasteiger partial charge is 0.211 e. The zero-order valence-electron chi connectivity index (χ0n) is 5.79. The van der Waals surface area contributed by atoms with Crippen LogP contribution >= 0.6 is 0 Å². The minimum atomic E-state index is -1.15. The van der Waals surface area contributed by atoms with Gasteiger partial charge in [-0.2, -0.15) is 0 Å². The minimum absolute atomic E-state index is 0.397. The molecule has 1 unspecified atom stereocenters. The third-order valence-electron chi connectivity index (χ3n) is 0.975. The van der Waals surface area contributed by atoms with E-state index in [2.05, 4.69) is 4.74 Å². The second-order valence-electron chi connectivity index (χ2n) is 1.84. The predicted octanol–water partition coefficient (Wildman–Crippen LogP) is 0.204. The van der Waals surface area contributed by atoms with E-state index in [1.165, 1.54) is 0 Å². The van der Waals surface area contributed by atoms with Crippen molar-refractivity contribution in [3.05, 3.63) is 11.6 Å². The van der Waals surface area contributed by atoms with Crippen molar-refractivity contribution < 1.29 is 9.84 Å². The van der Waals surface area contributed by atoms with Crippen molar-refractivity contribution in [1.82, 2.24) is 0 Å². The fraction of sp³-hybridized carbons (Fsp3) is 0.667. The Balaban J connectivity index is 3.28. The first kappa shape index (κ1) is 8.62. The van der Waals surface area contributed by atoms with Crippen LogP contribution in [0.4, 0.5) is 0 Å². The van der Waals surface area contributed by atoms with Gasteiger partial charge in [-0.1, -0.05) is 11.6 Å². The summed E-state index contributed by atoms with van der Waals surface area (Å²) in [5, 5.41) is 8.43. The number of nitrogens with two attached hydrogens (primary N) is 1. The monoisotopic (exact) mass is 131 g/mol. The second kappa shape index (κ2) is 4.49. The molecule has 3 N–H and O–H groups in total. The first-order chi connectivity index (χ1) is 4.16. The number of allylic oxidation sites excluding steroid dienone is 1. The van der Waals surface area contributed by atoms with Crippen LogP contribution in [0, 0.1) is 0 Å². The number of hydrogen-bond acceptors (Lipinski definition) is 3. The van der Waals surface area contributed by atoms with Crippen LogP contribution in [0.2, 0.25) is 0 Å². The number of ether oxygens (including phenoxy) is 1. The number of aliphatic hydroxyl groups is 1. The molecule has 0 aliphatic carbocycles. The molecule has 0 aromatic rings. The van der Waals surface area contributed by atoms with Crippen LogP contribution in [-0.2, 0) is 4.74 Å². The summed E-state index contributed by atoms with van der Waals surface area (Å²) in [6, 6.07) is 0. The molecule has 54 valence electrons. The van der Waals surface area contributed by atoms with Gasteiger partial charge in [0.25, 0.3) is 0 Å². The molecule has 0 bridgehead atoms. The summed E-state index contributed by atoms with van der Waals surface area (Å²) in [5.74, 6) is 0. The number of aliphatic hydroxyl groups excluding tert-OH is 1. The fourth-order valence-electron chi connectivity index (χ4n) is 0.300. The molecule has 0 spiro atoms. The molecular weight excluding hydrogens is 118 g/mol. The zero-order valence-corrected chi connectivity index (χ0v) is 5.79. The van der Waals surface area contributed by atoms with Crippen molar-refractivity contribution >= 4 is 0 Å². The van der Waals surface area contributed by atoms with E-state index in [0.29, 0.717) is 6.61 Å². The summed E-state index contributed by atoms with van der Waals surface area (Å²) in [6.45, 7) is 4.21. The maximum atomic E-state index is 8.43. The van der Waals surface area contributed by atoms with Crippen LogP contribution in [0.15, 0.2) is 11.6 Å². The van der Waals surface area contributed by atoms with Gasteiger partial charge in [0.2, 0.25) is 6.41 Å². The normalized spacial score (nSPS) is 15.8. The Morgan fingerprint density at radius 1 is 1.89 bits per heavy atom. The lowest BCUT2D eigenvalue weighted by Gasteiger charge is -2.05. The lowest BCUT2D eigenvalue weighted by Crippen LogP contribution is -2.23. The molecule has 0 amide bonds. The Labute approximate surface area is 55.1 Å². The van der Waals surface area contributed by atoms with E-state index < -0.39 is 6.41 Å². The molecule has 0 heterocycles. The highest BCUT2D eigenvalue weighted by Gasteiger charge is 1.93. The summed E-state index contributed by atoms with van der Waals surface area (Å²) >= 11 is 0. The van der Waals surface area contributed by atoms with E-state index in [4.69, 9.17) is 10.8 Å². The van der Waals surface area contributed by atoms with Gasteiger partial charge in [-0.05, 0) is 13.8 Å². The van der Waals surface area contributed by atoms with E-state index in [1.807, 2.05) is 19.9 Å². The van der Waals surface area contributed by atoms with Crippen LogP contribution in [0.1, 0.15) is 13.8 Å². The van der Waals surface area contributed by atoms with Gasteiger partial charge in [0, 0.05) is 0 Å². The molecule has 0 aromatic heterocycles. The van der Waals surface area contributed by atoms with Gasteiger partial charge in [0.1, 0.15) is 0 Å². The van der Waals surface area contributed by atoms with Crippen molar-refractivity contribution in [2.75, 3.05) is 6.61 Å². The van der Waals surface area contributed by atoms with E-state index in [0.717, 1.165) is 5.57 Å². The van der Waals surface area contributed by atoms with Gasteiger partial charge in [0.15, 0.2) is 0 Å². The molecular formula is C6H13NO2. The standard InChI is InChI=1S/C6H13NO2/c1-3-5(2)4-9-6(7)8/h3,6,8H,4,7H2,1-2H3/b5-3+. The average molecular weight is 131 g/mol. The second-order valence-corrected chi connectivity index (χ2v) is 1.84. The van der Waals surface area contributed by atoms with E-state index in [1.54, 1.807) is 0 Å². The molecule has 0 aliphatic heterocycles. The largest absolute Gasteiger partial charge is 0.356 e. The SMILES string of the molecule is C/C=C(\C)COC(N)O. The van der Waals surface area contributed by atoms with Gasteiger partial charge >= 0.3 is 0 Å². The molecule has 3 nitrogen and oxygen atoms in total. The topological polar surface area (TPSA) is 55.5 Å². The highest BCUT2D eigenvalue weighted by Crippen LogP contribution is 1.92. The highest BCUT2D eigenvalue weighted by molar-refractivity contribution is 4.95. The number of rotatable bonds is 3. The van der Waals surface area contributed by atoms with Crippen LogP contribution in [0.3, 0.4) is 0 Å². The van der Waals surface area contributed by atoms with Crippen LogP contribution < -0.4 is 5.73 Å². The predicted molar refractivity (Wildman–Crippen MR) is 35.6 cm³/mol. The van der Waals surface area contributed by atoms with Gasteiger partial charge in [-0.15, -0.1) is 0 Å². The van der Waals surface area contributed by atoms with Crippen molar-refractivity contribution in [2.45, 2.75) is 20.3 Å². The average Bonchev–Trinajstić information content (AvgIpc) is 1.83. The summed E-state index contributed by atoms with van der Waals surface area (Å²) in [4.78, 5) is 0. The molecule has 0 radical (unpaired) electrons. The Bertz CT molecular complexity index is 99.2. The molecule has 0 fully saturated rings. The first-order valence-electron chi connectivity index (χ1n) is 2.84. The quantitative estimate of drug-likeness (QED) is 0.425. The van der Waals surface area contributed by atoms with Crippen molar-refractivity contribution in [3.8, 4) is 0 Å². The summed E-state index contributed by atoms with van der Waals surface area (Å²) in [7, 11) is 0. The van der Waals surface area contributed by atoms with Crippen molar-refractivity contribution in [3.63, 3.8) is 0 Å². The molecule has 9 heavy (non-hydrogen) atoms. The first-order valence-corrected chi connectivity index (χ1v) is 2.84. The fourth-order valence-corrected chi connectivity index (χ4v) is 0.300. The summed E-state index contributed by atoms with van der Waals surface area (Å²) in [6.07, 6.45) is 0.752. The lowest BCUT2D eigenvalue weighted by atomic mass is 10.3. The highest BCUT2D eigenvalue weighted by atomic mass is 16.6. The summed E-state index contributed by atoms with van der Waals surface area (Å²) < 4.78 is 4.66. The number of hydrogen-bond donors (Lipinski definition) is 2. The van der Waals surface area contributed by atoms with Crippen molar-refractivity contribution in [2.24, 2.45) is 5.73 Å². The molecule has 0 rings (SSSR count). The van der Waals surface area contributed by atoms with E-state index in [9.17, 15) is 0 Å². The Morgan fingerprint density at radius 2 is 2.44 bits per heavy atom. The molecule has 0 aliphatic rings. The van der Waals surface area contributed by atoms with Crippen LogP contribution in [-0.4, -0.2) is 18.1 Å². The molecule has 0 aromatic carbocycles.